The fraction of sp³-hybridized carbons (Fsp3) is 0.714. The third kappa shape index (κ3) is 2.73. The van der Waals surface area contributed by atoms with Crippen LogP contribution in [0.25, 0.3) is 0 Å². The van der Waals surface area contributed by atoms with Crippen LogP contribution in [0.15, 0.2) is 5.38 Å². The number of hydrogen-bond acceptors (Lipinski definition) is 5. The summed E-state index contributed by atoms with van der Waals surface area (Å²) in [7, 11) is 0. The average molecular weight is 294 g/mol. The minimum atomic E-state index is -0.0564. The van der Waals surface area contributed by atoms with Crippen LogP contribution >= 0.6 is 11.3 Å². The summed E-state index contributed by atoms with van der Waals surface area (Å²) in [6.45, 7) is 8.19. The molecule has 0 saturated carbocycles. The van der Waals surface area contributed by atoms with Crippen molar-refractivity contribution in [2.24, 2.45) is 11.8 Å². The van der Waals surface area contributed by atoms with Crippen LogP contribution in [0.2, 0.25) is 0 Å². The van der Waals surface area contributed by atoms with Gasteiger partial charge in [-0.25, -0.2) is 4.98 Å². The Kier molecular flexibility index (Phi) is 4.05. The van der Waals surface area contributed by atoms with Crippen LogP contribution in [-0.2, 0) is 11.3 Å². The molecule has 3 atom stereocenters. The van der Waals surface area contributed by atoms with Gasteiger partial charge in [-0.05, 0) is 31.3 Å². The van der Waals surface area contributed by atoms with Crippen LogP contribution in [0.5, 0.6) is 0 Å². The molecule has 5 nitrogen and oxygen atoms in total. The van der Waals surface area contributed by atoms with Gasteiger partial charge in [0.15, 0.2) is 5.13 Å². The smallest absolute Gasteiger partial charge is 0.223 e. The number of nitrogens with zero attached hydrogens (tertiary/aromatic N) is 2. The molecule has 1 amide bonds. The largest absolute Gasteiger partial charge is 0.316 e. The molecular weight excluding hydrogens is 272 g/mol. The van der Waals surface area contributed by atoms with Gasteiger partial charge in [-0.2, -0.15) is 0 Å². The summed E-state index contributed by atoms with van der Waals surface area (Å²) in [5.74, 6) is 1.54. The predicted octanol–water partition coefficient (Wildman–Crippen LogP) is 1.53. The lowest BCUT2D eigenvalue weighted by atomic mass is 9.93. The van der Waals surface area contributed by atoms with E-state index in [4.69, 9.17) is 0 Å². The van der Waals surface area contributed by atoms with Gasteiger partial charge in [0.2, 0.25) is 5.91 Å². The monoisotopic (exact) mass is 294 g/mol. The molecule has 2 saturated heterocycles. The van der Waals surface area contributed by atoms with Crippen molar-refractivity contribution >= 4 is 22.4 Å². The third-order valence-electron chi connectivity index (χ3n) is 4.44. The number of fused-ring (bicyclic) bond motifs is 1. The van der Waals surface area contributed by atoms with Gasteiger partial charge in [0.1, 0.15) is 0 Å². The topological polar surface area (TPSA) is 57.3 Å². The Labute approximate surface area is 123 Å². The number of nitrogens with one attached hydrogen (secondary N) is 2. The van der Waals surface area contributed by atoms with Gasteiger partial charge in [-0.3, -0.25) is 9.69 Å². The molecule has 20 heavy (non-hydrogen) atoms. The number of hydrogen-bond donors (Lipinski definition) is 2. The van der Waals surface area contributed by atoms with Crippen molar-refractivity contribution in [1.82, 2.24) is 15.2 Å². The molecule has 0 aromatic carbocycles. The number of anilines is 1. The van der Waals surface area contributed by atoms with Gasteiger partial charge in [-0.1, -0.05) is 6.92 Å². The van der Waals surface area contributed by atoms with Gasteiger partial charge in [-0.15, -0.1) is 11.3 Å². The first-order valence-electron chi connectivity index (χ1n) is 7.34. The van der Waals surface area contributed by atoms with E-state index in [9.17, 15) is 4.79 Å². The van der Waals surface area contributed by atoms with E-state index < -0.39 is 0 Å². The Balaban J connectivity index is 1.65. The van der Waals surface area contributed by atoms with E-state index in [-0.39, 0.29) is 5.91 Å². The van der Waals surface area contributed by atoms with Crippen LogP contribution < -0.4 is 10.6 Å². The Morgan fingerprint density at radius 2 is 2.45 bits per heavy atom. The highest BCUT2D eigenvalue weighted by Crippen LogP contribution is 2.35. The van der Waals surface area contributed by atoms with Gasteiger partial charge >= 0.3 is 0 Å². The molecule has 2 fully saturated rings. The van der Waals surface area contributed by atoms with Crippen LogP contribution in [0, 0.1) is 11.8 Å². The van der Waals surface area contributed by atoms with Crippen molar-refractivity contribution in [1.29, 1.82) is 0 Å². The molecule has 3 heterocycles. The van der Waals surface area contributed by atoms with Crippen molar-refractivity contribution in [2.45, 2.75) is 32.9 Å². The second kappa shape index (κ2) is 5.79. The molecule has 3 rings (SSSR count). The SMILES string of the molecule is CCC1C2CNCC2CN1Cc1csc(NC(C)=O)n1. The van der Waals surface area contributed by atoms with Gasteiger partial charge < -0.3 is 10.6 Å². The van der Waals surface area contributed by atoms with E-state index in [1.165, 1.54) is 31.2 Å². The van der Waals surface area contributed by atoms with Crippen LogP contribution in [-0.4, -0.2) is 41.5 Å². The molecule has 0 spiro atoms. The highest BCUT2D eigenvalue weighted by atomic mass is 32.1. The summed E-state index contributed by atoms with van der Waals surface area (Å²) in [5.41, 5.74) is 1.07. The highest BCUT2D eigenvalue weighted by Gasteiger charge is 2.43. The predicted molar refractivity (Wildman–Crippen MR) is 80.8 cm³/mol. The minimum absolute atomic E-state index is 0.0564. The van der Waals surface area contributed by atoms with Gasteiger partial charge in [0.25, 0.3) is 0 Å². The molecule has 2 aliphatic heterocycles. The molecule has 3 unspecified atom stereocenters. The molecular formula is C14H22N4OS. The second-order valence-electron chi connectivity index (χ2n) is 5.81. The standard InChI is InChI=1S/C14H22N4OS/c1-3-13-12-5-15-4-10(12)6-18(13)7-11-8-20-14(17-11)16-9(2)19/h8,10,12-13,15H,3-7H2,1-2H3,(H,16,17,19). The van der Waals surface area contributed by atoms with Crippen LogP contribution in [0.4, 0.5) is 5.13 Å². The van der Waals surface area contributed by atoms with E-state index in [1.807, 2.05) is 0 Å². The average Bonchev–Trinajstić information content (AvgIpc) is 3.05. The van der Waals surface area contributed by atoms with Crippen molar-refractivity contribution < 1.29 is 4.79 Å². The summed E-state index contributed by atoms with van der Waals surface area (Å²) >= 11 is 1.51. The minimum Gasteiger partial charge on any atom is -0.316 e. The first-order chi connectivity index (χ1) is 9.67. The number of amides is 1. The molecule has 110 valence electrons. The van der Waals surface area contributed by atoms with Crippen molar-refractivity contribution in [3.05, 3.63) is 11.1 Å². The molecule has 0 aliphatic carbocycles. The highest BCUT2D eigenvalue weighted by molar-refractivity contribution is 7.13. The van der Waals surface area contributed by atoms with Crippen LogP contribution in [0.1, 0.15) is 26.0 Å². The Morgan fingerprint density at radius 3 is 3.20 bits per heavy atom. The van der Waals surface area contributed by atoms with Gasteiger partial charge in [0.05, 0.1) is 5.69 Å². The molecule has 2 N–H and O–H groups in total. The van der Waals surface area contributed by atoms with Crippen molar-refractivity contribution in [3.8, 4) is 0 Å². The first-order valence-corrected chi connectivity index (χ1v) is 8.22. The molecule has 2 aliphatic rings. The summed E-state index contributed by atoms with van der Waals surface area (Å²) in [5, 5.41) is 9.04. The summed E-state index contributed by atoms with van der Waals surface area (Å²) in [6, 6.07) is 0.668. The fourth-order valence-corrected chi connectivity index (χ4v) is 4.40. The summed E-state index contributed by atoms with van der Waals surface area (Å²) < 4.78 is 0. The fourth-order valence-electron chi connectivity index (χ4n) is 3.65. The Morgan fingerprint density at radius 1 is 1.60 bits per heavy atom. The number of carbonyl (C=O) groups excluding carboxylic acids is 1. The van der Waals surface area contributed by atoms with E-state index in [1.54, 1.807) is 0 Å². The van der Waals surface area contributed by atoms with E-state index >= 15 is 0 Å². The molecule has 1 aromatic heterocycles. The maximum absolute atomic E-state index is 11.0. The Hall–Kier alpha value is -0.980. The molecule has 0 radical (unpaired) electrons. The van der Waals surface area contributed by atoms with E-state index in [0.717, 1.165) is 37.2 Å². The number of carbonyl (C=O) groups is 1. The third-order valence-corrected chi connectivity index (χ3v) is 5.25. The number of likely N-dealkylation sites (tertiary alicyclic amines) is 1. The number of aromatic nitrogens is 1. The lowest BCUT2D eigenvalue weighted by Crippen LogP contribution is -2.34. The molecule has 1 aromatic rings. The summed E-state index contributed by atoms with van der Waals surface area (Å²) in [6.07, 6.45) is 1.20. The molecule has 0 bridgehead atoms. The second-order valence-corrected chi connectivity index (χ2v) is 6.67. The van der Waals surface area contributed by atoms with Crippen LogP contribution in [0.3, 0.4) is 0 Å². The van der Waals surface area contributed by atoms with E-state index in [0.29, 0.717) is 11.2 Å². The number of rotatable bonds is 4. The van der Waals surface area contributed by atoms with E-state index in [2.05, 4.69) is 32.8 Å². The zero-order valence-corrected chi connectivity index (χ0v) is 12.9. The number of thiazole rings is 1. The normalized spacial score (nSPS) is 29.6. The lowest BCUT2D eigenvalue weighted by molar-refractivity contribution is -0.114. The zero-order chi connectivity index (χ0) is 14.1. The molecule has 6 heteroatoms. The van der Waals surface area contributed by atoms with Crippen molar-refractivity contribution in [2.75, 3.05) is 25.0 Å². The maximum Gasteiger partial charge on any atom is 0.223 e. The Bertz CT molecular complexity index is 489. The summed E-state index contributed by atoms with van der Waals surface area (Å²) in [4.78, 5) is 18.1. The van der Waals surface area contributed by atoms with Crippen molar-refractivity contribution in [3.63, 3.8) is 0 Å². The maximum atomic E-state index is 11.0. The first kappa shape index (κ1) is 14.0. The zero-order valence-electron chi connectivity index (χ0n) is 12.1. The lowest BCUT2D eigenvalue weighted by Gasteiger charge is -2.25. The van der Waals surface area contributed by atoms with Gasteiger partial charge in [0, 0.05) is 31.4 Å². The quantitative estimate of drug-likeness (QED) is 0.884.